The average molecular weight is 667 g/mol. The van der Waals surface area contributed by atoms with Crippen LogP contribution in [-0.2, 0) is 47.5 Å². The molecule has 2 aliphatic rings. The van der Waals surface area contributed by atoms with E-state index in [1.807, 2.05) is 12.1 Å². The molecule has 0 aliphatic carbocycles. The minimum atomic E-state index is -4.88. The zero-order chi connectivity index (χ0) is 34.2. The van der Waals surface area contributed by atoms with Crippen LogP contribution in [0.5, 0.6) is 0 Å². The summed E-state index contributed by atoms with van der Waals surface area (Å²) in [6.07, 6.45) is -4.23. The number of fused-ring (bicyclic) bond motifs is 2. The Labute approximate surface area is 273 Å². The van der Waals surface area contributed by atoms with Crippen molar-refractivity contribution in [3.05, 3.63) is 139 Å². The smallest absolute Gasteiger partial charge is 0.416 e. The van der Waals surface area contributed by atoms with E-state index in [1.54, 1.807) is 42.5 Å². The molecule has 9 nitrogen and oxygen atoms in total. The first-order valence-electron chi connectivity index (χ1n) is 15.5. The maximum absolute atomic E-state index is 15.1. The Morgan fingerprint density at radius 1 is 0.958 bits per heavy atom. The SMILES string of the molecule is COC(=O)c1ccccc1CN1CCC2(CC1)OCc1c2c(=O)n(CC(N)c2ccccc2)c(=O)n1Cc1c(F)cccc1C(F)(F)F. The van der Waals surface area contributed by atoms with Crippen molar-refractivity contribution in [3.8, 4) is 0 Å². The molecule has 0 amide bonds. The standard InChI is InChI=1S/C35H34F4N4O5/c1-47-32(45)24-11-6-5-10-23(24)18-41-16-14-34(15-17-41)30-29(21-48-34)42(19-25-26(35(37,38)39)12-7-13-27(25)36)33(46)43(31(30)44)20-28(40)22-8-3-2-4-9-22/h2-13,28H,14-21,40H2,1H3. The van der Waals surface area contributed by atoms with Crippen LogP contribution in [0.1, 0.15) is 62.8 Å². The quantitative estimate of drug-likeness (QED) is 0.214. The van der Waals surface area contributed by atoms with Crippen molar-refractivity contribution in [2.45, 2.75) is 56.9 Å². The van der Waals surface area contributed by atoms with Crippen LogP contribution in [0.25, 0.3) is 0 Å². The Morgan fingerprint density at radius 3 is 2.33 bits per heavy atom. The van der Waals surface area contributed by atoms with Gasteiger partial charge < -0.3 is 15.2 Å². The van der Waals surface area contributed by atoms with E-state index in [1.165, 1.54) is 7.11 Å². The number of alkyl halides is 3. The van der Waals surface area contributed by atoms with Crippen LogP contribution >= 0.6 is 0 Å². The topological polar surface area (TPSA) is 109 Å². The Morgan fingerprint density at radius 2 is 1.65 bits per heavy atom. The summed E-state index contributed by atoms with van der Waals surface area (Å²) in [4.78, 5) is 42.7. The molecule has 2 aliphatic heterocycles. The van der Waals surface area contributed by atoms with Gasteiger partial charge in [-0.25, -0.2) is 14.0 Å². The summed E-state index contributed by atoms with van der Waals surface area (Å²) in [6, 6.07) is 17.7. The first kappa shape index (κ1) is 33.3. The molecule has 0 bridgehead atoms. The number of piperidine rings is 1. The largest absolute Gasteiger partial charge is 0.465 e. The van der Waals surface area contributed by atoms with Gasteiger partial charge in [-0.15, -0.1) is 0 Å². The lowest BCUT2D eigenvalue weighted by atomic mass is 9.85. The molecule has 6 rings (SSSR count). The van der Waals surface area contributed by atoms with Gasteiger partial charge in [0.1, 0.15) is 11.4 Å². The van der Waals surface area contributed by atoms with E-state index in [9.17, 15) is 27.6 Å². The second-order valence-electron chi connectivity index (χ2n) is 12.1. The van der Waals surface area contributed by atoms with E-state index in [4.69, 9.17) is 15.2 Å². The molecule has 0 saturated carbocycles. The highest BCUT2D eigenvalue weighted by atomic mass is 19.4. The van der Waals surface area contributed by atoms with Gasteiger partial charge in [0.25, 0.3) is 5.56 Å². The molecular weight excluding hydrogens is 632 g/mol. The molecule has 1 saturated heterocycles. The van der Waals surface area contributed by atoms with Gasteiger partial charge in [0.15, 0.2) is 0 Å². The Kier molecular flexibility index (Phi) is 9.12. The Hall–Kier alpha value is -4.59. The van der Waals surface area contributed by atoms with Crippen LogP contribution in [-0.4, -0.2) is 40.2 Å². The fraction of sp³-hybridized carbons (Fsp3) is 0.343. The molecule has 1 unspecified atom stereocenters. The molecule has 2 N–H and O–H groups in total. The highest BCUT2D eigenvalue weighted by molar-refractivity contribution is 5.90. The first-order chi connectivity index (χ1) is 22.9. The van der Waals surface area contributed by atoms with E-state index in [2.05, 4.69) is 4.90 Å². The summed E-state index contributed by atoms with van der Waals surface area (Å²) >= 11 is 0. The van der Waals surface area contributed by atoms with Crippen LogP contribution in [0, 0.1) is 5.82 Å². The maximum atomic E-state index is 15.1. The van der Waals surface area contributed by atoms with Gasteiger partial charge in [0, 0.05) is 31.2 Å². The third-order valence-corrected chi connectivity index (χ3v) is 9.30. The molecule has 1 spiro atoms. The monoisotopic (exact) mass is 666 g/mol. The highest BCUT2D eigenvalue weighted by Gasteiger charge is 2.47. The third-order valence-electron chi connectivity index (χ3n) is 9.30. The zero-order valence-corrected chi connectivity index (χ0v) is 26.1. The van der Waals surface area contributed by atoms with E-state index in [0.29, 0.717) is 43.6 Å². The number of hydrogen-bond donors (Lipinski definition) is 1. The van der Waals surface area contributed by atoms with Crippen molar-refractivity contribution in [1.29, 1.82) is 0 Å². The van der Waals surface area contributed by atoms with Crippen molar-refractivity contribution in [2.75, 3.05) is 20.2 Å². The Bertz CT molecular complexity index is 1950. The molecule has 0 radical (unpaired) electrons. The van der Waals surface area contributed by atoms with E-state index in [0.717, 1.165) is 32.9 Å². The highest BCUT2D eigenvalue weighted by Crippen LogP contribution is 2.43. The van der Waals surface area contributed by atoms with Crippen LogP contribution in [0.4, 0.5) is 17.6 Å². The van der Waals surface area contributed by atoms with Gasteiger partial charge in [-0.05, 0) is 42.2 Å². The number of nitrogens with zero attached hydrogens (tertiary/aromatic N) is 3. The predicted molar refractivity (Wildman–Crippen MR) is 168 cm³/mol. The molecule has 48 heavy (non-hydrogen) atoms. The number of esters is 1. The predicted octanol–water partition coefficient (Wildman–Crippen LogP) is 4.72. The summed E-state index contributed by atoms with van der Waals surface area (Å²) in [5, 5.41) is 0. The van der Waals surface area contributed by atoms with Crippen molar-refractivity contribution >= 4 is 5.97 Å². The summed E-state index contributed by atoms with van der Waals surface area (Å²) < 4.78 is 70.2. The number of rotatable bonds is 8. The number of benzene rings is 3. The van der Waals surface area contributed by atoms with Crippen LogP contribution in [0.15, 0.2) is 82.4 Å². The normalized spacial score (nSPS) is 16.5. The average Bonchev–Trinajstić information content (AvgIpc) is 3.44. The number of likely N-dealkylation sites (tertiary alicyclic amines) is 1. The van der Waals surface area contributed by atoms with E-state index < -0.39 is 58.5 Å². The maximum Gasteiger partial charge on any atom is 0.416 e. The van der Waals surface area contributed by atoms with E-state index >= 15 is 4.39 Å². The number of ether oxygens (including phenoxy) is 2. The minimum Gasteiger partial charge on any atom is -0.465 e. The molecule has 1 fully saturated rings. The number of nitrogens with two attached hydrogens (primary N) is 1. The van der Waals surface area contributed by atoms with Gasteiger partial charge in [-0.3, -0.25) is 18.8 Å². The second kappa shape index (κ2) is 13.1. The lowest BCUT2D eigenvalue weighted by Gasteiger charge is -2.39. The molecule has 4 aromatic rings. The van der Waals surface area contributed by atoms with Crippen molar-refractivity contribution in [3.63, 3.8) is 0 Å². The van der Waals surface area contributed by atoms with Gasteiger partial charge in [-0.1, -0.05) is 54.6 Å². The van der Waals surface area contributed by atoms with Gasteiger partial charge in [0.05, 0.1) is 49.2 Å². The summed E-state index contributed by atoms with van der Waals surface area (Å²) in [6.45, 7) is 0.0825. The fourth-order valence-corrected chi connectivity index (χ4v) is 6.77. The lowest BCUT2D eigenvalue weighted by molar-refractivity contribution is -0.138. The van der Waals surface area contributed by atoms with Crippen LogP contribution in [0.3, 0.4) is 0 Å². The second-order valence-corrected chi connectivity index (χ2v) is 12.1. The number of hydrogen-bond acceptors (Lipinski definition) is 7. The van der Waals surface area contributed by atoms with E-state index in [-0.39, 0.29) is 24.4 Å². The first-order valence-corrected chi connectivity index (χ1v) is 15.5. The van der Waals surface area contributed by atoms with Crippen molar-refractivity contribution in [2.24, 2.45) is 5.73 Å². The number of carbonyl (C=O) groups excluding carboxylic acids is 1. The number of halogens is 4. The molecule has 1 atom stereocenters. The fourth-order valence-electron chi connectivity index (χ4n) is 6.77. The van der Waals surface area contributed by atoms with Gasteiger partial charge in [0.2, 0.25) is 0 Å². The van der Waals surface area contributed by atoms with Gasteiger partial charge >= 0.3 is 17.8 Å². The molecule has 252 valence electrons. The van der Waals surface area contributed by atoms with Crippen LogP contribution < -0.4 is 17.0 Å². The lowest BCUT2D eigenvalue weighted by Crippen LogP contribution is -2.49. The van der Waals surface area contributed by atoms with Gasteiger partial charge in [-0.2, -0.15) is 13.2 Å². The summed E-state index contributed by atoms with van der Waals surface area (Å²) in [5.41, 5.74) is 3.98. The van der Waals surface area contributed by atoms with Crippen LogP contribution in [0.2, 0.25) is 0 Å². The number of methoxy groups -OCH3 is 1. The van der Waals surface area contributed by atoms with Crippen molar-refractivity contribution < 1.29 is 31.8 Å². The zero-order valence-electron chi connectivity index (χ0n) is 26.1. The molecule has 3 heterocycles. The summed E-state index contributed by atoms with van der Waals surface area (Å²) in [5.74, 6) is -1.58. The molecule has 1 aromatic heterocycles. The summed E-state index contributed by atoms with van der Waals surface area (Å²) in [7, 11) is 1.31. The number of carbonyl (C=O) groups is 1. The number of aromatic nitrogens is 2. The molecule has 3 aromatic carbocycles. The van der Waals surface area contributed by atoms with Crippen molar-refractivity contribution in [1.82, 2.24) is 14.0 Å². The molecular formula is C35H34F4N4O5. The minimum absolute atomic E-state index is 0.121. The third kappa shape index (κ3) is 6.20. The molecule has 13 heteroatoms. The Balaban J connectivity index is 1.40.